The second-order valence-electron chi connectivity index (χ2n) is 4.39. The van der Waals surface area contributed by atoms with Gasteiger partial charge in [-0.1, -0.05) is 0 Å². The summed E-state index contributed by atoms with van der Waals surface area (Å²) in [5.74, 6) is 0.0827. The molecule has 1 aromatic rings. The Bertz CT molecular complexity index is 342. The molecule has 1 unspecified atom stereocenters. The van der Waals surface area contributed by atoms with Gasteiger partial charge in [-0.05, 0) is 32.9 Å². The number of rotatable bonds is 5. The van der Waals surface area contributed by atoms with Crippen LogP contribution in [0, 0.1) is 0 Å². The Morgan fingerprint density at radius 3 is 2.75 bits per heavy atom. The third-order valence-electron chi connectivity index (χ3n) is 2.36. The minimum absolute atomic E-state index is 0.00293. The zero-order chi connectivity index (χ0) is 12.1. The van der Waals surface area contributed by atoms with E-state index in [2.05, 4.69) is 5.32 Å². The number of hydrogen-bond acceptors (Lipinski definition) is 2. The lowest BCUT2D eigenvalue weighted by molar-refractivity contribution is -0.121. The molecule has 1 rings (SSSR count). The third kappa shape index (κ3) is 3.70. The molecule has 4 nitrogen and oxygen atoms in total. The Morgan fingerprint density at radius 1 is 1.50 bits per heavy atom. The summed E-state index contributed by atoms with van der Waals surface area (Å²) in [6, 6.07) is 4.15. The van der Waals surface area contributed by atoms with Gasteiger partial charge in [0.15, 0.2) is 0 Å². The first kappa shape index (κ1) is 12.8. The lowest BCUT2D eigenvalue weighted by atomic mass is 10.2. The van der Waals surface area contributed by atoms with Gasteiger partial charge in [0.1, 0.15) is 0 Å². The highest BCUT2D eigenvalue weighted by Gasteiger charge is 2.07. The summed E-state index contributed by atoms with van der Waals surface area (Å²) in [6.45, 7) is 6.55. The molecule has 0 aromatic carbocycles. The van der Waals surface area contributed by atoms with E-state index >= 15 is 0 Å². The van der Waals surface area contributed by atoms with Crippen LogP contribution in [-0.4, -0.2) is 16.5 Å². The molecule has 3 N–H and O–H groups in total. The van der Waals surface area contributed by atoms with Gasteiger partial charge in [0.25, 0.3) is 0 Å². The SMILES string of the molecule is CC(C)NC(=O)CCn1cccc1C(C)N. The van der Waals surface area contributed by atoms with E-state index in [4.69, 9.17) is 5.73 Å². The van der Waals surface area contributed by atoms with Crippen molar-refractivity contribution in [3.63, 3.8) is 0 Å². The molecule has 0 aliphatic carbocycles. The zero-order valence-corrected chi connectivity index (χ0v) is 10.2. The zero-order valence-electron chi connectivity index (χ0n) is 10.2. The van der Waals surface area contributed by atoms with E-state index in [-0.39, 0.29) is 18.0 Å². The fraction of sp³-hybridized carbons (Fsp3) is 0.583. The molecule has 1 atom stereocenters. The molecular weight excluding hydrogens is 202 g/mol. The molecule has 4 heteroatoms. The van der Waals surface area contributed by atoms with Crippen molar-refractivity contribution in [2.45, 2.75) is 45.8 Å². The highest BCUT2D eigenvalue weighted by molar-refractivity contribution is 5.76. The number of nitrogens with two attached hydrogens (primary N) is 1. The maximum absolute atomic E-state index is 11.5. The summed E-state index contributed by atoms with van der Waals surface area (Å²) in [5.41, 5.74) is 6.89. The highest BCUT2D eigenvalue weighted by atomic mass is 16.1. The Labute approximate surface area is 96.8 Å². The van der Waals surface area contributed by atoms with Crippen molar-refractivity contribution >= 4 is 5.91 Å². The van der Waals surface area contributed by atoms with E-state index in [1.165, 1.54) is 0 Å². The highest BCUT2D eigenvalue weighted by Crippen LogP contribution is 2.11. The number of aryl methyl sites for hydroxylation is 1. The molecule has 1 amide bonds. The Kier molecular flexibility index (Phi) is 4.55. The summed E-state index contributed by atoms with van der Waals surface area (Å²) < 4.78 is 2.03. The second-order valence-corrected chi connectivity index (χ2v) is 4.39. The molecule has 0 saturated carbocycles. The summed E-state index contributed by atoms with van der Waals surface area (Å²) in [7, 11) is 0. The van der Waals surface area contributed by atoms with Crippen LogP contribution in [0.4, 0.5) is 0 Å². The molecule has 0 saturated heterocycles. The minimum atomic E-state index is 0.00293. The van der Waals surface area contributed by atoms with E-state index in [9.17, 15) is 4.79 Å². The van der Waals surface area contributed by atoms with Crippen molar-refractivity contribution < 1.29 is 4.79 Å². The predicted octanol–water partition coefficient (Wildman–Crippen LogP) is 1.42. The Balaban J connectivity index is 2.48. The summed E-state index contributed by atoms with van der Waals surface area (Å²) in [4.78, 5) is 11.5. The lowest BCUT2D eigenvalue weighted by Gasteiger charge is -2.12. The van der Waals surface area contributed by atoms with Gasteiger partial charge in [-0.2, -0.15) is 0 Å². The van der Waals surface area contributed by atoms with Crippen LogP contribution in [0.3, 0.4) is 0 Å². The number of nitrogens with zero attached hydrogens (tertiary/aromatic N) is 1. The van der Waals surface area contributed by atoms with Gasteiger partial charge in [0.2, 0.25) is 5.91 Å². The normalized spacial score (nSPS) is 12.8. The minimum Gasteiger partial charge on any atom is -0.354 e. The number of carbonyl (C=O) groups is 1. The molecule has 0 spiro atoms. The van der Waals surface area contributed by atoms with Gasteiger partial charge in [-0.25, -0.2) is 0 Å². The topological polar surface area (TPSA) is 60.0 Å². The quantitative estimate of drug-likeness (QED) is 0.793. The smallest absolute Gasteiger partial charge is 0.221 e. The van der Waals surface area contributed by atoms with Crippen LogP contribution in [0.2, 0.25) is 0 Å². The molecule has 0 radical (unpaired) electrons. The van der Waals surface area contributed by atoms with Crippen molar-refractivity contribution in [1.82, 2.24) is 9.88 Å². The van der Waals surface area contributed by atoms with Crippen LogP contribution in [0.25, 0.3) is 0 Å². The van der Waals surface area contributed by atoms with Gasteiger partial charge < -0.3 is 15.6 Å². The summed E-state index contributed by atoms with van der Waals surface area (Å²) >= 11 is 0. The second kappa shape index (κ2) is 5.70. The molecule has 1 heterocycles. The van der Waals surface area contributed by atoms with Crippen LogP contribution in [0.5, 0.6) is 0 Å². The number of carbonyl (C=O) groups excluding carboxylic acids is 1. The Morgan fingerprint density at radius 2 is 2.19 bits per heavy atom. The molecule has 0 aliphatic heterocycles. The maximum atomic E-state index is 11.5. The van der Waals surface area contributed by atoms with Crippen LogP contribution in [0.15, 0.2) is 18.3 Å². The van der Waals surface area contributed by atoms with E-state index in [0.717, 1.165) is 5.69 Å². The van der Waals surface area contributed by atoms with Gasteiger partial charge in [-0.3, -0.25) is 4.79 Å². The summed E-state index contributed by atoms with van der Waals surface area (Å²) in [6.07, 6.45) is 2.45. The molecule has 90 valence electrons. The first-order valence-corrected chi connectivity index (χ1v) is 5.70. The number of aromatic nitrogens is 1. The molecule has 16 heavy (non-hydrogen) atoms. The predicted molar refractivity (Wildman–Crippen MR) is 64.9 cm³/mol. The standard InChI is InChI=1S/C12H21N3O/c1-9(2)14-12(16)6-8-15-7-4-5-11(15)10(3)13/h4-5,7,9-10H,6,8,13H2,1-3H3,(H,14,16). The monoisotopic (exact) mass is 223 g/mol. The van der Waals surface area contributed by atoms with Crippen molar-refractivity contribution in [3.8, 4) is 0 Å². The average Bonchev–Trinajstić information content (AvgIpc) is 2.61. The fourth-order valence-corrected chi connectivity index (χ4v) is 1.66. The first-order valence-electron chi connectivity index (χ1n) is 5.70. The van der Waals surface area contributed by atoms with E-state index in [1.807, 2.05) is 43.7 Å². The molecule has 0 aliphatic rings. The fourth-order valence-electron chi connectivity index (χ4n) is 1.66. The van der Waals surface area contributed by atoms with Crippen LogP contribution in [-0.2, 0) is 11.3 Å². The van der Waals surface area contributed by atoms with Crippen LogP contribution in [0.1, 0.15) is 38.9 Å². The molecular formula is C12H21N3O. The van der Waals surface area contributed by atoms with Gasteiger partial charge >= 0.3 is 0 Å². The van der Waals surface area contributed by atoms with E-state index < -0.39 is 0 Å². The summed E-state index contributed by atoms with van der Waals surface area (Å²) in [5, 5.41) is 2.87. The maximum Gasteiger partial charge on any atom is 0.221 e. The molecule has 0 fully saturated rings. The first-order chi connectivity index (χ1) is 7.50. The number of amides is 1. The lowest BCUT2D eigenvalue weighted by Crippen LogP contribution is -2.30. The Hall–Kier alpha value is -1.29. The van der Waals surface area contributed by atoms with Gasteiger partial charge in [0, 0.05) is 36.9 Å². The number of nitrogens with one attached hydrogen (secondary N) is 1. The van der Waals surface area contributed by atoms with Gasteiger partial charge in [-0.15, -0.1) is 0 Å². The average molecular weight is 223 g/mol. The van der Waals surface area contributed by atoms with Crippen LogP contribution >= 0.6 is 0 Å². The van der Waals surface area contributed by atoms with Crippen molar-refractivity contribution in [3.05, 3.63) is 24.0 Å². The van der Waals surface area contributed by atoms with Crippen molar-refractivity contribution in [2.24, 2.45) is 5.73 Å². The number of hydrogen-bond donors (Lipinski definition) is 2. The molecule has 0 bridgehead atoms. The van der Waals surface area contributed by atoms with Crippen molar-refractivity contribution in [1.29, 1.82) is 0 Å². The third-order valence-corrected chi connectivity index (χ3v) is 2.36. The van der Waals surface area contributed by atoms with E-state index in [1.54, 1.807) is 0 Å². The molecule has 1 aromatic heterocycles. The van der Waals surface area contributed by atoms with Crippen molar-refractivity contribution in [2.75, 3.05) is 0 Å². The largest absolute Gasteiger partial charge is 0.354 e. The van der Waals surface area contributed by atoms with Gasteiger partial charge in [0.05, 0.1) is 0 Å². The van der Waals surface area contributed by atoms with E-state index in [0.29, 0.717) is 13.0 Å². The van der Waals surface area contributed by atoms with Crippen LogP contribution < -0.4 is 11.1 Å².